The lowest BCUT2D eigenvalue weighted by molar-refractivity contribution is 0.401. The van der Waals surface area contributed by atoms with E-state index in [1.54, 1.807) is 18.4 Å². The van der Waals surface area contributed by atoms with E-state index < -0.39 is 0 Å². The van der Waals surface area contributed by atoms with Crippen LogP contribution >= 0.6 is 11.3 Å². The first-order valence-electron chi connectivity index (χ1n) is 7.01. The predicted octanol–water partition coefficient (Wildman–Crippen LogP) is 4.38. The Morgan fingerprint density at radius 3 is 2.45 bits per heavy atom. The van der Waals surface area contributed by atoms with Crippen molar-refractivity contribution < 1.29 is 4.74 Å². The monoisotopic (exact) mass is 289 g/mol. The fourth-order valence-corrected chi connectivity index (χ4v) is 3.56. The van der Waals surface area contributed by atoms with E-state index in [4.69, 9.17) is 4.74 Å². The van der Waals surface area contributed by atoms with E-state index in [1.807, 2.05) is 0 Å². The molecule has 2 aromatic rings. The van der Waals surface area contributed by atoms with Crippen LogP contribution in [0.25, 0.3) is 0 Å². The van der Waals surface area contributed by atoms with Crippen LogP contribution in [-0.4, -0.2) is 13.7 Å². The number of rotatable bonds is 5. The molecule has 0 saturated carbocycles. The maximum absolute atomic E-state index is 5.69. The van der Waals surface area contributed by atoms with Gasteiger partial charge in [-0.3, -0.25) is 0 Å². The highest BCUT2D eigenvalue weighted by atomic mass is 32.1. The summed E-state index contributed by atoms with van der Waals surface area (Å²) < 4.78 is 5.69. The van der Waals surface area contributed by atoms with Crippen molar-refractivity contribution in [1.29, 1.82) is 0 Å². The molecule has 0 aliphatic carbocycles. The number of benzene rings is 1. The van der Waals surface area contributed by atoms with Crippen molar-refractivity contribution in [3.63, 3.8) is 0 Å². The molecule has 20 heavy (non-hydrogen) atoms. The first kappa shape index (κ1) is 15.1. The van der Waals surface area contributed by atoms with Crippen molar-refractivity contribution in [2.45, 2.75) is 33.7 Å². The zero-order valence-electron chi connectivity index (χ0n) is 12.9. The minimum Gasteiger partial charge on any atom is -0.496 e. The van der Waals surface area contributed by atoms with Gasteiger partial charge in [0.2, 0.25) is 0 Å². The molecule has 1 atom stereocenters. The van der Waals surface area contributed by atoms with Gasteiger partial charge in [-0.05, 0) is 55.5 Å². The highest BCUT2D eigenvalue weighted by molar-refractivity contribution is 7.10. The molecule has 0 aliphatic heterocycles. The first-order chi connectivity index (χ1) is 9.60. The zero-order valence-corrected chi connectivity index (χ0v) is 13.7. The van der Waals surface area contributed by atoms with Crippen molar-refractivity contribution in [2.24, 2.45) is 0 Å². The van der Waals surface area contributed by atoms with E-state index in [2.05, 4.69) is 56.6 Å². The van der Waals surface area contributed by atoms with Gasteiger partial charge >= 0.3 is 0 Å². The maximum atomic E-state index is 5.69. The number of hydrogen-bond donors (Lipinski definition) is 1. The maximum Gasteiger partial charge on any atom is 0.127 e. The van der Waals surface area contributed by atoms with Gasteiger partial charge in [0.1, 0.15) is 5.75 Å². The van der Waals surface area contributed by atoms with Gasteiger partial charge in [0.25, 0.3) is 0 Å². The van der Waals surface area contributed by atoms with Gasteiger partial charge in [0.15, 0.2) is 0 Å². The second kappa shape index (κ2) is 6.42. The van der Waals surface area contributed by atoms with Crippen LogP contribution in [0.3, 0.4) is 0 Å². The van der Waals surface area contributed by atoms with Gasteiger partial charge < -0.3 is 10.1 Å². The van der Waals surface area contributed by atoms with Crippen LogP contribution in [0.1, 0.15) is 40.1 Å². The summed E-state index contributed by atoms with van der Waals surface area (Å²) in [7, 11) is 1.76. The quantitative estimate of drug-likeness (QED) is 0.882. The summed E-state index contributed by atoms with van der Waals surface area (Å²) in [5, 5.41) is 5.75. The standard InChI is InChI=1S/C17H23NOS/c1-6-18-15(17-12(3)9-10-20-17)14-8-7-11(2)13(4)16(14)19-5/h7-10,15,18H,6H2,1-5H3. The van der Waals surface area contributed by atoms with Crippen molar-refractivity contribution in [3.8, 4) is 5.75 Å². The summed E-state index contributed by atoms with van der Waals surface area (Å²) in [4.78, 5) is 1.37. The Balaban J connectivity index is 2.56. The summed E-state index contributed by atoms with van der Waals surface area (Å²) in [6.07, 6.45) is 0. The molecule has 0 saturated heterocycles. The van der Waals surface area contributed by atoms with Crippen molar-refractivity contribution in [1.82, 2.24) is 5.32 Å². The number of ether oxygens (including phenoxy) is 1. The lowest BCUT2D eigenvalue weighted by atomic mass is 9.97. The number of methoxy groups -OCH3 is 1. The van der Waals surface area contributed by atoms with Crippen LogP contribution in [-0.2, 0) is 0 Å². The predicted molar refractivity (Wildman–Crippen MR) is 87.0 cm³/mol. The van der Waals surface area contributed by atoms with Crippen LogP contribution in [0.2, 0.25) is 0 Å². The van der Waals surface area contributed by atoms with E-state index in [1.165, 1.54) is 27.1 Å². The van der Waals surface area contributed by atoms with Gasteiger partial charge in [-0.25, -0.2) is 0 Å². The highest BCUT2D eigenvalue weighted by Gasteiger charge is 2.21. The van der Waals surface area contributed by atoms with Gasteiger partial charge in [-0.15, -0.1) is 11.3 Å². The molecule has 0 radical (unpaired) electrons. The number of hydrogen-bond acceptors (Lipinski definition) is 3. The fraction of sp³-hybridized carbons (Fsp3) is 0.412. The minimum absolute atomic E-state index is 0.203. The number of aryl methyl sites for hydroxylation is 2. The van der Waals surface area contributed by atoms with E-state index in [-0.39, 0.29) is 6.04 Å². The Morgan fingerprint density at radius 2 is 1.90 bits per heavy atom. The third kappa shape index (κ3) is 2.74. The third-order valence-electron chi connectivity index (χ3n) is 3.79. The smallest absolute Gasteiger partial charge is 0.127 e. The second-order valence-electron chi connectivity index (χ2n) is 5.09. The van der Waals surface area contributed by atoms with Crippen molar-refractivity contribution in [2.75, 3.05) is 13.7 Å². The van der Waals surface area contributed by atoms with Gasteiger partial charge in [0.05, 0.1) is 13.2 Å². The molecular weight excluding hydrogens is 266 g/mol. The molecule has 0 amide bonds. The molecular formula is C17H23NOS. The lowest BCUT2D eigenvalue weighted by Gasteiger charge is -2.22. The lowest BCUT2D eigenvalue weighted by Crippen LogP contribution is -2.22. The summed E-state index contributed by atoms with van der Waals surface area (Å²) >= 11 is 1.80. The van der Waals surface area contributed by atoms with Gasteiger partial charge in [0, 0.05) is 10.4 Å². The molecule has 1 heterocycles. The topological polar surface area (TPSA) is 21.3 Å². The van der Waals surface area contributed by atoms with Gasteiger partial charge in [-0.1, -0.05) is 19.1 Å². The van der Waals surface area contributed by atoms with Crippen LogP contribution in [0, 0.1) is 20.8 Å². The molecule has 0 bridgehead atoms. The van der Waals surface area contributed by atoms with Crippen LogP contribution in [0.5, 0.6) is 5.75 Å². The Morgan fingerprint density at radius 1 is 1.15 bits per heavy atom. The Labute approximate surface area is 125 Å². The molecule has 0 fully saturated rings. The largest absolute Gasteiger partial charge is 0.496 e. The Hall–Kier alpha value is -1.32. The number of nitrogens with one attached hydrogen (secondary N) is 1. The minimum atomic E-state index is 0.203. The van der Waals surface area contributed by atoms with E-state index in [0.717, 1.165) is 12.3 Å². The van der Waals surface area contributed by atoms with E-state index in [9.17, 15) is 0 Å². The molecule has 1 aromatic carbocycles. The van der Waals surface area contributed by atoms with Gasteiger partial charge in [-0.2, -0.15) is 0 Å². The molecule has 1 unspecified atom stereocenters. The Bertz CT molecular complexity index is 589. The third-order valence-corrected chi connectivity index (χ3v) is 4.88. The summed E-state index contributed by atoms with van der Waals surface area (Å²) in [5.41, 5.74) is 5.05. The molecule has 1 N–H and O–H groups in total. The average Bonchev–Trinajstić information content (AvgIpc) is 2.85. The molecule has 2 nitrogen and oxygen atoms in total. The molecule has 1 aromatic heterocycles. The Kier molecular flexibility index (Phi) is 4.84. The molecule has 108 valence electrons. The molecule has 0 aliphatic rings. The summed E-state index contributed by atoms with van der Waals surface area (Å²) in [5.74, 6) is 1.00. The molecule has 3 heteroatoms. The fourth-order valence-electron chi connectivity index (χ4n) is 2.54. The van der Waals surface area contributed by atoms with Crippen LogP contribution < -0.4 is 10.1 Å². The van der Waals surface area contributed by atoms with Crippen LogP contribution in [0.4, 0.5) is 0 Å². The zero-order chi connectivity index (χ0) is 14.7. The summed E-state index contributed by atoms with van der Waals surface area (Å²) in [6.45, 7) is 9.49. The number of thiophene rings is 1. The molecule has 2 rings (SSSR count). The normalized spacial score (nSPS) is 12.4. The van der Waals surface area contributed by atoms with Crippen LogP contribution in [0.15, 0.2) is 23.6 Å². The summed E-state index contributed by atoms with van der Waals surface area (Å²) in [6, 6.07) is 6.75. The van der Waals surface area contributed by atoms with E-state index >= 15 is 0 Å². The average molecular weight is 289 g/mol. The van der Waals surface area contributed by atoms with E-state index in [0.29, 0.717) is 0 Å². The first-order valence-corrected chi connectivity index (χ1v) is 7.89. The second-order valence-corrected chi connectivity index (χ2v) is 6.04. The SMILES string of the molecule is CCNC(c1ccc(C)c(C)c1OC)c1sccc1C. The van der Waals surface area contributed by atoms with Crippen molar-refractivity contribution >= 4 is 11.3 Å². The van der Waals surface area contributed by atoms with Crippen molar-refractivity contribution in [3.05, 3.63) is 50.7 Å². The highest BCUT2D eigenvalue weighted by Crippen LogP contribution is 2.37. The molecule has 0 spiro atoms.